The maximum absolute atomic E-state index is 11.3. The van der Waals surface area contributed by atoms with E-state index < -0.39 is 6.10 Å². The molecule has 0 amide bonds. The third-order valence-corrected chi connectivity index (χ3v) is 3.68. The van der Waals surface area contributed by atoms with Crippen LogP contribution in [-0.2, 0) is 16.1 Å². The maximum Gasteiger partial charge on any atom is 0.308 e. The molecule has 0 bridgehead atoms. The van der Waals surface area contributed by atoms with Crippen LogP contribution in [0.2, 0.25) is 0 Å². The lowest BCUT2D eigenvalue weighted by Crippen LogP contribution is -2.37. The quantitative estimate of drug-likeness (QED) is 0.744. The molecule has 1 rings (SSSR count). The molecule has 0 aromatic carbocycles. The summed E-state index contributed by atoms with van der Waals surface area (Å²) in [7, 11) is 0. The topological polar surface area (TPSA) is 49.8 Å². The molecular formula is C14H23NO3S. The summed E-state index contributed by atoms with van der Waals surface area (Å²) in [6, 6.07) is 4.42. The summed E-state index contributed by atoms with van der Waals surface area (Å²) in [5, 5.41) is 12.0. The van der Waals surface area contributed by atoms with Crippen molar-refractivity contribution in [3.63, 3.8) is 0 Å². The number of carbonyl (C=O) groups excluding carboxylic acids is 1. The van der Waals surface area contributed by atoms with Gasteiger partial charge in [-0.2, -0.15) is 0 Å². The SMILES string of the molecule is CCOC(=O)CC(O)CN(Cc1cccs1)C(C)C. The molecule has 0 saturated heterocycles. The zero-order chi connectivity index (χ0) is 14.3. The largest absolute Gasteiger partial charge is 0.466 e. The molecule has 0 spiro atoms. The average Bonchev–Trinajstić information content (AvgIpc) is 2.80. The van der Waals surface area contributed by atoms with Gasteiger partial charge in [-0.15, -0.1) is 11.3 Å². The van der Waals surface area contributed by atoms with E-state index in [1.807, 2.05) is 11.4 Å². The van der Waals surface area contributed by atoms with Gasteiger partial charge in [-0.1, -0.05) is 6.07 Å². The van der Waals surface area contributed by atoms with Crippen LogP contribution in [0, 0.1) is 0 Å². The zero-order valence-electron chi connectivity index (χ0n) is 11.8. The molecule has 0 radical (unpaired) electrons. The zero-order valence-corrected chi connectivity index (χ0v) is 12.7. The number of aliphatic hydroxyl groups excluding tert-OH is 1. The Kier molecular flexibility index (Phi) is 7.05. The summed E-state index contributed by atoms with van der Waals surface area (Å²) in [4.78, 5) is 14.7. The number of hydrogen-bond donors (Lipinski definition) is 1. The van der Waals surface area contributed by atoms with Crippen molar-refractivity contribution in [1.82, 2.24) is 4.90 Å². The molecule has 1 heterocycles. The maximum atomic E-state index is 11.3. The highest BCUT2D eigenvalue weighted by Gasteiger charge is 2.18. The first-order chi connectivity index (χ1) is 9.02. The molecule has 1 aromatic rings. The minimum Gasteiger partial charge on any atom is -0.466 e. The number of hydrogen-bond acceptors (Lipinski definition) is 5. The second-order valence-corrected chi connectivity index (χ2v) is 5.80. The molecular weight excluding hydrogens is 262 g/mol. The van der Waals surface area contributed by atoms with Crippen molar-refractivity contribution in [2.24, 2.45) is 0 Å². The van der Waals surface area contributed by atoms with Gasteiger partial charge in [-0.3, -0.25) is 9.69 Å². The highest BCUT2D eigenvalue weighted by molar-refractivity contribution is 7.09. The molecule has 0 fully saturated rings. The van der Waals surface area contributed by atoms with Crippen molar-refractivity contribution < 1.29 is 14.6 Å². The Hall–Kier alpha value is -0.910. The van der Waals surface area contributed by atoms with Gasteiger partial charge in [0.2, 0.25) is 0 Å². The second-order valence-electron chi connectivity index (χ2n) is 4.77. The smallest absolute Gasteiger partial charge is 0.308 e. The van der Waals surface area contributed by atoms with E-state index in [0.29, 0.717) is 19.2 Å². The molecule has 0 aliphatic heterocycles. The number of esters is 1. The summed E-state index contributed by atoms with van der Waals surface area (Å²) in [6.07, 6.45) is -0.622. The van der Waals surface area contributed by atoms with E-state index in [4.69, 9.17) is 4.74 Å². The molecule has 19 heavy (non-hydrogen) atoms. The van der Waals surface area contributed by atoms with Gasteiger partial charge in [0.1, 0.15) is 0 Å². The van der Waals surface area contributed by atoms with Crippen molar-refractivity contribution in [2.45, 2.75) is 45.9 Å². The Morgan fingerprint density at radius 2 is 2.26 bits per heavy atom. The Labute approximate surface area is 119 Å². The van der Waals surface area contributed by atoms with E-state index in [9.17, 15) is 9.90 Å². The first-order valence-corrected chi connectivity index (χ1v) is 7.51. The number of ether oxygens (including phenoxy) is 1. The summed E-state index contributed by atoms with van der Waals surface area (Å²) in [5.41, 5.74) is 0. The molecule has 0 aliphatic carbocycles. The number of thiophene rings is 1. The Bertz CT molecular complexity index is 365. The fraction of sp³-hybridized carbons (Fsp3) is 0.643. The van der Waals surface area contributed by atoms with Crippen LogP contribution in [0.3, 0.4) is 0 Å². The van der Waals surface area contributed by atoms with Crippen molar-refractivity contribution >= 4 is 17.3 Å². The van der Waals surface area contributed by atoms with E-state index in [1.165, 1.54) is 4.88 Å². The molecule has 1 aromatic heterocycles. The van der Waals surface area contributed by atoms with Crippen LogP contribution in [0.25, 0.3) is 0 Å². The van der Waals surface area contributed by atoms with Gasteiger partial charge < -0.3 is 9.84 Å². The van der Waals surface area contributed by atoms with Crippen molar-refractivity contribution in [2.75, 3.05) is 13.2 Å². The Balaban J connectivity index is 2.46. The van der Waals surface area contributed by atoms with Gasteiger partial charge >= 0.3 is 5.97 Å². The van der Waals surface area contributed by atoms with Crippen LogP contribution in [0.4, 0.5) is 0 Å². The molecule has 108 valence electrons. The molecule has 0 saturated carbocycles. The second kappa shape index (κ2) is 8.30. The van der Waals surface area contributed by atoms with E-state index in [2.05, 4.69) is 24.8 Å². The summed E-state index contributed by atoms with van der Waals surface area (Å²) in [5.74, 6) is -0.338. The van der Waals surface area contributed by atoms with E-state index in [0.717, 1.165) is 6.54 Å². The Morgan fingerprint density at radius 1 is 1.53 bits per heavy atom. The third kappa shape index (κ3) is 6.18. The van der Waals surface area contributed by atoms with Gasteiger partial charge in [0, 0.05) is 24.0 Å². The lowest BCUT2D eigenvalue weighted by Gasteiger charge is -2.28. The molecule has 0 aliphatic rings. The van der Waals surface area contributed by atoms with Crippen LogP contribution >= 0.6 is 11.3 Å². The average molecular weight is 285 g/mol. The van der Waals surface area contributed by atoms with Crippen LogP contribution in [0.5, 0.6) is 0 Å². The Morgan fingerprint density at radius 3 is 2.79 bits per heavy atom. The van der Waals surface area contributed by atoms with Gasteiger partial charge in [-0.25, -0.2) is 0 Å². The fourth-order valence-electron chi connectivity index (χ4n) is 1.81. The first-order valence-electron chi connectivity index (χ1n) is 6.63. The number of aliphatic hydroxyl groups is 1. The van der Waals surface area contributed by atoms with Gasteiger partial charge in [0.05, 0.1) is 19.1 Å². The number of carbonyl (C=O) groups is 1. The number of nitrogens with zero attached hydrogens (tertiary/aromatic N) is 1. The molecule has 5 heteroatoms. The standard InChI is InChI=1S/C14H23NO3S/c1-4-18-14(17)8-12(16)9-15(11(2)3)10-13-6-5-7-19-13/h5-7,11-12,16H,4,8-10H2,1-3H3. The van der Waals surface area contributed by atoms with Gasteiger partial charge in [0.15, 0.2) is 0 Å². The van der Waals surface area contributed by atoms with E-state index >= 15 is 0 Å². The minimum atomic E-state index is -0.679. The highest BCUT2D eigenvalue weighted by Crippen LogP contribution is 2.14. The van der Waals surface area contributed by atoms with Crippen LogP contribution in [0.15, 0.2) is 17.5 Å². The lowest BCUT2D eigenvalue weighted by atomic mass is 10.2. The summed E-state index contributed by atoms with van der Waals surface area (Å²) in [6.45, 7) is 7.58. The predicted octanol–water partition coefficient (Wildman–Crippen LogP) is 2.27. The first kappa shape index (κ1) is 16.1. The number of rotatable bonds is 8. The van der Waals surface area contributed by atoms with Crippen molar-refractivity contribution in [1.29, 1.82) is 0 Å². The fourth-order valence-corrected chi connectivity index (χ4v) is 2.54. The van der Waals surface area contributed by atoms with Crippen LogP contribution < -0.4 is 0 Å². The molecule has 1 N–H and O–H groups in total. The third-order valence-electron chi connectivity index (χ3n) is 2.82. The van der Waals surface area contributed by atoms with Crippen LogP contribution in [-0.4, -0.2) is 41.3 Å². The summed E-state index contributed by atoms with van der Waals surface area (Å²) >= 11 is 1.70. The van der Waals surface area contributed by atoms with Crippen molar-refractivity contribution in [3.05, 3.63) is 22.4 Å². The van der Waals surface area contributed by atoms with Crippen LogP contribution in [0.1, 0.15) is 32.1 Å². The van der Waals surface area contributed by atoms with E-state index in [1.54, 1.807) is 18.3 Å². The predicted molar refractivity (Wildman–Crippen MR) is 77.1 cm³/mol. The normalized spacial score (nSPS) is 12.9. The van der Waals surface area contributed by atoms with E-state index in [-0.39, 0.29) is 12.4 Å². The van der Waals surface area contributed by atoms with Gasteiger partial charge in [-0.05, 0) is 32.2 Å². The van der Waals surface area contributed by atoms with Crippen molar-refractivity contribution in [3.8, 4) is 0 Å². The monoisotopic (exact) mass is 285 g/mol. The molecule has 1 atom stereocenters. The minimum absolute atomic E-state index is 0.0570. The van der Waals surface area contributed by atoms with Gasteiger partial charge in [0.25, 0.3) is 0 Å². The summed E-state index contributed by atoms with van der Waals surface area (Å²) < 4.78 is 4.85. The highest BCUT2D eigenvalue weighted by atomic mass is 32.1. The molecule has 1 unspecified atom stereocenters. The molecule has 4 nitrogen and oxygen atoms in total. The lowest BCUT2D eigenvalue weighted by molar-refractivity contribution is -0.145.